The number of methoxy groups -OCH3 is 3. The minimum Gasteiger partial charge on any atom is -0.496 e. The molecule has 0 saturated heterocycles. The first-order valence-corrected chi connectivity index (χ1v) is 5.92. The van der Waals surface area contributed by atoms with Gasteiger partial charge in [0.25, 0.3) is 0 Å². The summed E-state index contributed by atoms with van der Waals surface area (Å²) in [5.41, 5.74) is 2.84. The Morgan fingerprint density at radius 3 is 1.95 bits per heavy atom. The molecule has 0 aliphatic heterocycles. The van der Waals surface area contributed by atoms with Gasteiger partial charge in [0, 0.05) is 12.1 Å². The largest absolute Gasteiger partial charge is 0.496 e. The molecule has 3 nitrogen and oxygen atoms in total. The van der Waals surface area contributed by atoms with Crippen LogP contribution in [0.25, 0.3) is 11.1 Å². The molecule has 19 heavy (non-hydrogen) atoms. The van der Waals surface area contributed by atoms with Gasteiger partial charge in [-0.2, -0.15) is 0 Å². The molecule has 0 atom stereocenters. The van der Waals surface area contributed by atoms with Crippen LogP contribution in [0, 0.1) is 6.92 Å². The Labute approximate surface area is 113 Å². The van der Waals surface area contributed by atoms with Gasteiger partial charge in [-0.1, -0.05) is 24.3 Å². The summed E-state index contributed by atoms with van der Waals surface area (Å²) in [5.74, 6) is 2.12. The Morgan fingerprint density at radius 1 is 0.842 bits per heavy atom. The van der Waals surface area contributed by atoms with Crippen LogP contribution in [0.1, 0.15) is 5.56 Å². The maximum atomic E-state index is 5.44. The summed E-state index contributed by atoms with van der Waals surface area (Å²) in [5, 5.41) is 0. The van der Waals surface area contributed by atoms with Crippen molar-refractivity contribution in [1.29, 1.82) is 0 Å². The normalized spacial score (nSPS) is 10.1. The molecule has 0 aliphatic rings. The molecule has 2 aromatic carbocycles. The lowest BCUT2D eigenvalue weighted by molar-refractivity contribution is 0.377. The summed E-state index contributed by atoms with van der Waals surface area (Å²) in [7, 11) is 4.88. The highest BCUT2D eigenvalue weighted by atomic mass is 16.5. The van der Waals surface area contributed by atoms with E-state index in [1.54, 1.807) is 21.3 Å². The molecule has 0 amide bonds. The first-order valence-electron chi connectivity index (χ1n) is 5.92. The first-order chi connectivity index (χ1) is 9.19. The fourth-order valence-electron chi connectivity index (χ4n) is 2.02. The highest BCUT2D eigenvalue weighted by Crippen LogP contribution is 2.41. The van der Waals surface area contributed by atoms with E-state index in [0.717, 1.165) is 16.7 Å². The van der Waals surface area contributed by atoms with Gasteiger partial charge in [0.05, 0.1) is 26.9 Å². The molecule has 2 rings (SSSR count). The van der Waals surface area contributed by atoms with Gasteiger partial charge in [0.2, 0.25) is 0 Å². The third-order valence-corrected chi connectivity index (χ3v) is 2.93. The lowest BCUT2D eigenvalue weighted by Crippen LogP contribution is -1.95. The van der Waals surface area contributed by atoms with Crippen molar-refractivity contribution < 1.29 is 14.2 Å². The van der Waals surface area contributed by atoms with Crippen LogP contribution in [-0.4, -0.2) is 21.3 Å². The highest BCUT2D eigenvalue weighted by Gasteiger charge is 2.15. The molecule has 3 heteroatoms. The summed E-state index contributed by atoms with van der Waals surface area (Å²) < 4.78 is 16.1. The van der Waals surface area contributed by atoms with E-state index in [1.165, 1.54) is 0 Å². The van der Waals surface area contributed by atoms with Crippen molar-refractivity contribution in [3.63, 3.8) is 0 Å². The summed E-state index contributed by atoms with van der Waals surface area (Å²) in [6, 6.07) is 11.6. The van der Waals surface area contributed by atoms with Gasteiger partial charge in [-0.15, -0.1) is 0 Å². The monoisotopic (exact) mass is 257 g/mol. The average Bonchev–Trinajstić information content (AvgIpc) is 2.45. The minimum atomic E-state index is 0.697. The molecule has 0 spiro atoms. The number of hydrogen-bond acceptors (Lipinski definition) is 3. The van der Waals surface area contributed by atoms with Gasteiger partial charge in [-0.3, -0.25) is 0 Å². The molecule has 0 N–H and O–H groups in total. The van der Waals surface area contributed by atoms with Crippen LogP contribution in [0.5, 0.6) is 17.2 Å². The lowest BCUT2D eigenvalue weighted by Gasteiger charge is -2.15. The van der Waals surface area contributed by atoms with Crippen LogP contribution >= 0.6 is 0 Å². The van der Waals surface area contributed by atoms with Crippen molar-refractivity contribution in [3.8, 4) is 28.4 Å². The average molecular weight is 257 g/mol. The summed E-state index contributed by atoms with van der Waals surface area (Å²) in [6.07, 6.45) is 0. The molecule has 0 aliphatic carbocycles. The first kappa shape index (κ1) is 13.3. The number of benzene rings is 2. The van der Waals surface area contributed by atoms with Gasteiger partial charge in [0.1, 0.15) is 17.2 Å². The maximum Gasteiger partial charge on any atom is 0.134 e. The number of ether oxygens (including phenoxy) is 3. The van der Waals surface area contributed by atoms with E-state index in [4.69, 9.17) is 14.2 Å². The molecule has 1 radical (unpaired) electrons. The molecule has 0 fully saturated rings. The topological polar surface area (TPSA) is 27.7 Å². The Balaban J connectivity index is 2.66. The number of rotatable bonds is 4. The smallest absolute Gasteiger partial charge is 0.134 e. The van der Waals surface area contributed by atoms with Crippen molar-refractivity contribution in [2.45, 2.75) is 0 Å². The van der Waals surface area contributed by atoms with E-state index in [0.29, 0.717) is 17.2 Å². The summed E-state index contributed by atoms with van der Waals surface area (Å²) >= 11 is 0. The van der Waals surface area contributed by atoms with E-state index in [9.17, 15) is 0 Å². The molecule has 0 aromatic heterocycles. The van der Waals surface area contributed by atoms with Crippen LogP contribution in [0.15, 0.2) is 36.4 Å². The fraction of sp³-hybridized carbons (Fsp3) is 0.188. The molecular weight excluding hydrogens is 240 g/mol. The number of hydrogen-bond donors (Lipinski definition) is 0. The molecule has 0 unspecified atom stereocenters. The van der Waals surface area contributed by atoms with E-state index >= 15 is 0 Å². The van der Waals surface area contributed by atoms with Crippen molar-refractivity contribution in [1.82, 2.24) is 0 Å². The SMILES string of the molecule is [CH2]c1cccc(-c2c(OC)cc(OC)cc2OC)c1. The van der Waals surface area contributed by atoms with E-state index < -0.39 is 0 Å². The van der Waals surface area contributed by atoms with E-state index in [-0.39, 0.29) is 0 Å². The minimum absolute atomic E-state index is 0.697. The van der Waals surface area contributed by atoms with Gasteiger partial charge in [-0.05, 0) is 18.1 Å². The summed E-state index contributed by atoms with van der Waals surface area (Å²) in [6.45, 7) is 3.95. The maximum absolute atomic E-state index is 5.44. The van der Waals surface area contributed by atoms with Gasteiger partial charge in [-0.25, -0.2) is 0 Å². The van der Waals surface area contributed by atoms with Crippen LogP contribution in [-0.2, 0) is 0 Å². The Morgan fingerprint density at radius 2 is 1.47 bits per heavy atom. The molecule has 0 heterocycles. The van der Waals surface area contributed by atoms with Crippen molar-refractivity contribution in [2.75, 3.05) is 21.3 Å². The molecule has 0 bridgehead atoms. The predicted octanol–water partition coefficient (Wildman–Crippen LogP) is 3.56. The van der Waals surface area contributed by atoms with Crippen molar-refractivity contribution in [3.05, 3.63) is 48.9 Å². The summed E-state index contributed by atoms with van der Waals surface area (Å²) in [4.78, 5) is 0. The second-order valence-corrected chi connectivity index (χ2v) is 4.11. The zero-order chi connectivity index (χ0) is 13.8. The van der Waals surface area contributed by atoms with Crippen LogP contribution < -0.4 is 14.2 Å². The van der Waals surface area contributed by atoms with Crippen LogP contribution in [0.3, 0.4) is 0 Å². The fourth-order valence-corrected chi connectivity index (χ4v) is 2.02. The molecule has 2 aromatic rings. The Bertz CT molecular complexity index is 551. The van der Waals surface area contributed by atoms with Gasteiger partial charge >= 0.3 is 0 Å². The van der Waals surface area contributed by atoms with Crippen LogP contribution in [0.2, 0.25) is 0 Å². The van der Waals surface area contributed by atoms with E-state index in [2.05, 4.69) is 6.92 Å². The van der Waals surface area contributed by atoms with Crippen molar-refractivity contribution in [2.24, 2.45) is 0 Å². The standard InChI is InChI=1S/C16H17O3/c1-11-6-5-7-12(8-11)16-14(18-3)9-13(17-2)10-15(16)19-4/h5-10H,1H2,2-4H3. The Kier molecular flexibility index (Phi) is 3.95. The second-order valence-electron chi connectivity index (χ2n) is 4.11. The zero-order valence-corrected chi connectivity index (χ0v) is 11.4. The highest BCUT2D eigenvalue weighted by molar-refractivity contribution is 5.78. The third-order valence-electron chi connectivity index (χ3n) is 2.93. The zero-order valence-electron chi connectivity index (χ0n) is 11.4. The predicted molar refractivity (Wildman–Crippen MR) is 76.0 cm³/mol. The quantitative estimate of drug-likeness (QED) is 0.838. The third kappa shape index (κ3) is 2.65. The molecule has 0 saturated carbocycles. The Hall–Kier alpha value is -2.16. The van der Waals surface area contributed by atoms with E-state index in [1.807, 2.05) is 36.4 Å². The molecule has 99 valence electrons. The van der Waals surface area contributed by atoms with Crippen LogP contribution in [0.4, 0.5) is 0 Å². The van der Waals surface area contributed by atoms with Gasteiger partial charge in [0.15, 0.2) is 0 Å². The second kappa shape index (κ2) is 5.65. The van der Waals surface area contributed by atoms with Crippen molar-refractivity contribution >= 4 is 0 Å². The molecular formula is C16H17O3. The van der Waals surface area contributed by atoms with Gasteiger partial charge < -0.3 is 14.2 Å². The lowest BCUT2D eigenvalue weighted by atomic mass is 10.0.